The van der Waals surface area contributed by atoms with Crippen LogP contribution in [0.2, 0.25) is 0 Å². The molecule has 0 aromatic carbocycles. The molecule has 2 aliphatic heterocycles. The van der Waals surface area contributed by atoms with E-state index in [1.807, 2.05) is 4.90 Å². The highest BCUT2D eigenvalue weighted by Crippen LogP contribution is 2.11. The number of carbonyl (C=O) groups excluding carboxylic acids is 2. The smallest absolute Gasteiger partial charge is 0.274 e. The van der Waals surface area contributed by atoms with Crippen LogP contribution in [0, 0.1) is 0 Å². The predicted octanol–water partition coefficient (Wildman–Crippen LogP) is -0.0697. The van der Waals surface area contributed by atoms with E-state index < -0.39 is 0 Å². The first kappa shape index (κ1) is 17.6. The van der Waals surface area contributed by atoms with Crippen LogP contribution in [0.3, 0.4) is 0 Å². The van der Waals surface area contributed by atoms with Crippen LogP contribution >= 0.6 is 0 Å². The van der Waals surface area contributed by atoms with Crippen molar-refractivity contribution < 1.29 is 9.59 Å². The van der Waals surface area contributed by atoms with Gasteiger partial charge in [-0.15, -0.1) is 0 Å². The third-order valence-corrected chi connectivity index (χ3v) is 4.91. The van der Waals surface area contributed by atoms with Gasteiger partial charge in [0.25, 0.3) is 11.5 Å². The summed E-state index contributed by atoms with van der Waals surface area (Å²) in [7, 11) is 0. The summed E-state index contributed by atoms with van der Waals surface area (Å²) >= 11 is 0. The average Bonchev–Trinajstić information content (AvgIpc) is 2.67. The quantitative estimate of drug-likeness (QED) is 0.824. The molecule has 136 valence electrons. The number of likely N-dealkylation sites (tertiary alicyclic amines) is 1. The van der Waals surface area contributed by atoms with Crippen LogP contribution in [0.25, 0.3) is 0 Å². The molecule has 0 aliphatic carbocycles. The van der Waals surface area contributed by atoms with Crippen molar-refractivity contribution in [2.75, 3.05) is 45.8 Å². The van der Waals surface area contributed by atoms with Crippen LogP contribution in [0.4, 0.5) is 0 Å². The number of rotatable bonds is 4. The maximum atomic E-state index is 12.4. The number of hydrogen-bond acceptors (Lipinski definition) is 5. The lowest BCUT2D eigenvalue weighted by atomic mass is 10.1. The number of hydrogen-bond donors (Lipinski definition) is 1. The highest BCUT2D eigenvalue weighted by atomic mass is 16.2. The van der Waals surface area contributed by atoms with E-state index in [0.29, 0.717) is 19.5 Å². The van der Waals surface area contributed by atoms with Crippen LogP contribution in [0.1, 0.15) is 36.2 Å². The SMILES string of the molecule is O=C(CCN1CCN(C(=O)c2ccc(=O)[nH]n2)CC1)N1CCCCC1. The second-order valence-electron chi connectivity index (χ2n) is 6.63. The van der Waals surface area contributed by atoms with E-state index in [-0.39, 0.29) is 23.1 Å². The van der Waals surface area contributed by atoms with Crippen molar-refractivity contribution in [2.45, 2.75) is 25.7 Å². The largest absolute Gasteiger partial charge is 0.343 e. The average molecular weight is 347 g/mol. The molecule has 1 aromatic rings. The lowest BCUT2D eigenvalue weighted by molar-refractivity contribution is -0.132. The minimum atomic E-state index is -0.320. The molecule has 3 rings (SSSR count). The summed E-state index contributed by atoms with van der Waals surface area (Å²) in [5.41, 5.74) is -0.0620. The maximum absolute atomic E-state index is 12.4. The highest BCUT2D eigenvalue weighted by Gasteiger charge is 2.24. The number of nitrogens with zero attached hydrogens (tertiary/aromatic N) is 4. The van der Waals surface area contributed by atoms with Crippen LogP contribution < -0.4 is 5.56 Å². The van der Waals surface area contributed by atoms with Crippen LogP contribution in [-0.4, -0.2) is 82.5 Å². The fourth-order valence-electron chi connectivity index (χ4n) is 3.36. The monoisotopic (exact) mass is 347 g/mol. The minimum absolute atomic E-state index is 0.166. The Morgan fingerprint density at radius 3 is 2.32 bits per heavy atom. The van der Waals surface area contributed by atoms with Crippen LogP contribution in [0.15, 0.2) is 16.9 Å². The number of aromatic nitrogens is 2. The van der Waals surface area contributed by atoms with Crippen molar-refractivity contribution in [2.24, 2.45) is 0 Å². The highest BCUT2D eigenvalue weighted by molar-refractivity contribution is 5.92. The van der Waals surface area contributed by atoms with Crippen molar-refractivity contribution in [1.29, 1.82) is 0 Å². The molecule has 8 nitrogen and oxygen atoms in total. The summed E-state index contributed by atoms with van der Waals surface area (Å²) < 4.78 is 0. The van der Waals surface area contributed by atoms with Gasteiger partial charge in [0.1, 0.15) is 5.69 Å². The van der Waals surface area contributed by atoms with E-state index in [2.05, 4.69) is 15.1 Å². The first-order valence-electron chi connectivity index (χ1n) is 8.98. The zero-order valence-electron chi connectivity index (χ0n) is 14.4. The first-order valence-corrected chi connectivity index (χ1v) is 8.98. The fraction of sp³-hybridized carbons (Fsp3) is 0.647. The molecule has 2 aliphatic rings. The van der Waals surface area contributed by atoms with E-state index in [4.69, 9.17) is 0 Å². The summed E-state index contributed by atoms with van der Waals surface area (Å²) in [5, 5.41) is 6.08. The number of nitrogens with one attached hydrogen (secondary N) is 1. The van der Waals surface area contributed by atoms with Gasteiger partial charge in [-0.05, 0) is 25.3 Å². The minimum Gasteiger partial charge on any atom is -0.343 e. The Morgan fingerprint density at radius 1 is 0.960 bits per heavy atom. The number of piperidine rings is 1. The number of aromatic amines is 1. The van der Waals surface area contributed by atoms with E-state index in [1.165, 1.54) is 18.6 Å². The zero-order chi connectivity index (χ0) is 17.6. The van der Waals surface area contributed by atoms with E-state index >= 15 is 0 Å². The molecular formula is C17H25N5O3. The van der Waals surface area contributed by atoms with Crippen molar-refractivity contribution in [1.82, 2.24) is 24.9 Å². The maximum Gasteiger partial charge on any atom is 0.274 e. The van der Waals surface area contributed by atoms with Crippen molar-refractivity contribution >= 4 is 11.8 Å². The van der Waals surface area contributed by atoms with E-state index in [9.17, 15) is 14.4 Å². The predicted molar refractivity (Wildman–Crippen MR) is 92.2 cm³/mol. The molecule has 0 bridgehead atoms. The molecular weight excluding hydrogens is 322 g/mol. The lowest BCUT2D eigenvalue weighted by Crippen LogP contribution is -2.49. The van der Waals surface area contributed by atoms with Crippen molar-refractivity contribution in [3.05, 3.63) is 28.2 Å². The lowest BCUT2D eigenvalue weighted by Gasteiger charge is -2.35. The van der Waals surface area contributed by atoms with E-state index in [1.54, 1.807) is 4.90 Å². The van der Waals surface area contributed by atoms with Gasteiger partial charge in [0, 0.05) is 58.3 Å². The third-order valence-electron chi connectivity index (χ3n) is 4.91. The Hall–Kier alpha value is -2.22. The molecule has 3 heterocycles. The zero-order valence-corrected chi connectivity index (χ0v) is 14.4. The van der Waals surface area contributed by atoms with Gasteiger partial charge in [-0.3, -0.25) is 19.3 Å². The Labute approximate surface area is 146 Å². The summed E-state index contributed by atoms with van der Waals surface area (Å²) in [6.07, 6.45) is 4.01. The van der Waals surface area contributed by atoms with Crippen molar-refractivity contribution in [3.8, 4) is 0 Å². The number of H-pyrrole nitrogens is 1. The molecule has 1 N–H and O–H groups in total. The fourth-order valence-corrected chi connectivity index (χ4v) is 3.36. The third kappa shape index (κ3) is 4.66. The van der Waals surface area contributed by atoms with E-state index in [0.717, 1.165) is 45.6 Å². The Bertz CT molecular complexity index is 640. The molecule has 0 spiro atoms. The van der Waals surface area contributed by atoms with Crippen molar-refractivity contribution in [3.63, 3.8) is 0 Å². The Morgan fingerprint density at radius 2 is 1.68 bits per heavy atom. The van der Waals surface area contributed by atoms with Gasteiger partial charge in [-0.2, -0.15) is 5.10 Å². The number of amides is 2. The molecule has 0 unspecified atom stereocenters. The van der Waals surface area contributed by atoms with Gasteiger partial charge in [0.05, 0.1) is 0 Å². The van der Waals surface area contributed by atoms with Gasteiger partial charge in [-0.25, -0.2) is 5.10 Å². The molecule has 2 amide bonds. The molecule has 2 fully saturated rings. The molecule has 25 heavy (non-hydrogen) atoms. The summed E-state index contributed by atoms with van der Waals surface area (Å²) in [4.78, 5) is 41.5. The standard InChI is InChI=1S/C17H25N5O3/c23-15-5-4-14(18-19-15)17(25)22-12-10-20(11-13-22)9-6-16(24)21-7-2-1-3-8-21/h4-5H,1-3,6-13H2,(H,19,23). The number of carbonyl (C=O) groups is 2. The molecule has 0 saturated carbocycles. The van der Waals surface area contributed by atoms with Gasteiger partial charge in [0.15, 0.2) is 0 Å². The van der Waals surface area contributed by atoms with Gasteiger partial charge >= 0.3 is 0 Å². The second kappa shape index (κ2) is 8.24. The van der Waals surface area contributed by atoms with Gasteiger partial charge in [-0.1, -0.05) is 0 Å². The Kier molecular flexibility index (Phi) is 5.80. The van der Waals surface area contributed by atoms with Crippen LogP contribution in [0.5, 0.6) is 0 Å². The summed E-state index contributed by atoms with van der Waals surface area (Å²) in [6, 6.07) is 2.76. The summed E-state index contributed by atoms with van der Waals surface area (Å²) in [5.74, 6) is 0.0796. The molecule has 2 saturated heterocycles. The van der Waals surface area contributed by atoms with Crippen LogP contribution in [-0.2, 0) is 4.79 Å². The normalized spacial score (nSPS) is 19.0. The second-order valence-corrected chi connectivity index (χ2v) is 6.63. The molecule has 1 aromatic heterocycles. The summed E-state index contributed by atoms with van der Waals surface area (Å²) in [6.45, 7) is 5.26. The topological polar surface area (TPSA) is 89.6 Å². The van der Waals surface area contributed by atoms with Gasteiger partial charge < -0.3 is 9.80 Å². The Balaban J connectivity index is 1.42. The van der Waals surface area contributed by atoms with Gasteiger partial charge in [0.2, 0.25) is 5.91 Å². The molecule has 8 heteroatoms. The first-order chi connectivity index (χ1) is 12.1. The molecule has 0 radical (unpaired) electrons. The number of piperazine rings is 1. The molecule has 0 atom stereocenters.